The minimum atomic E-state index is -0.0745. The summed E-state index contributed by atoms with van der Waals surface area (Å²) in [6.45, 7) is 0.792. The molecule has 1 aromatic heterocycles. The van der Waals surface area contributed by atoms with Crippen LogP contribution < -0.4 is 10.2 Å². The molecule has 2 aliphatic rings. The number of carbonyl (C=O) groups excluding carboxylic acids is 1. The number of carbonyl (C=O) groups is 1. The van der Waals surface area contributed by atoms with E-state index < -0.39 is 0 Å². The Kier molecular flexibility index (Phi) is 2.55. The summed E-state index contributed by atoms with van der Waals surface area (Å²) in [5.74, 6) is 2.16. The molecule has 17 heavy (non-hydrogen) atoms. The van der Waals surface area contributed by atoms with Crippen LogP contribution in [0.15, 0.2) is 18.6 Å². The molecule has 2 heterocycles. The number of hydrogen-bond acceptors (Lipinski definition) is 4. The monoisotopic (exact) mass is 232 g/mol. The first-order valence-corrected chi connectivity index (χ1v) is 6.04. The van der Waals surface area contributed by atoms with E-state index in [4.69, 9.17) is 0 Å². The van der Waals surface area contributed by atoms with Gasteiger partial charge in [-0.1, -0.05) is 0 Å². The number of nitrogens with zero attached hydrogens (tertiary/aromatic N) is 3. The maximum Gasteiger partial charge on any atom is 0.245 e. The lowest BCUT2D eigenvalue weighted by Crippen LogP contribution is -2.45. The Morgan fingerprint density at radius 2 is 2.24 bits per heavy atom. The van der Waals surface area contributed by atoms with Gasteiger partial charge in [-0.25, -0.2) is 4.98 Å². The zero-order chi connectivity index (χ0) is 11.8. The van der Waals surface area contributed by atoms with Crippen molar-refractivity contribution in [2.75, 3.05) is 18.5 Å². The first kappa shape index (κ1) is 10.7. The number of hydrogen-bond donors (Lipinski definition) is 1. The highest BCUT2D eigenvalue weighted by Crippen LogP contribution is 2.45. The summed E-state index contributed by atoms with van der Waals surface area (Å²) in [6, 6.07) is -0.0745. The molecule has 0 aromatic carbocycles. The van der Waals surface area contributed by atoms with Crippen LogP contribution in [-0.2, 0) is 4.79 Å². The van der Waals surface area contributed by atoms with Gasteiger partial charge in [0.05, 0.1) is 12.2 Å². The molecule has 3 atom stereocenters. The Bertz CT molecular complexity index is 422. The number of amides is 1. The number of anilines is 1. The Hall–Kier alpha value is -1.49. The fraction of sp³-hybridized carbons (Fsp3) is 0.583. The lowest BCUT2D eigenvalue weighted by atomic mass is 10.1. The molecule has 0 bridgehead atoms. The second-order valence-electron chi connectivity index (χ2n) is 4.85. The van der Waals surface area contributed by atoms with Gasteiger partial charge in [-0.2, -0.15) is 0 Å². The average Bonchev–Trinajstić information content (AvgIpc) is 3.11. The smallest absolute Gasteiger partial charge is 0.245 e. The number of likely N-dealkylation sites (N-methyl/N-ethyl adjacent to an activating group) is 1. The summed E-state index contributed by atoms with van der Waals surface area (Å²) < 4.78 is 0. The van der Waals surface area contributed by atoms with Crippen molar-refractivity contribution in [3.05, 3.63) is 18.6 Å². The highest BCUT2D eigenvalue weighted by atomic mass is 16.2. The Morgan fingerprint density at radius 3 is 2.94 bits per heavy atom. The van der Waals surface area contributed by atoms with Gasteiger partial charge in [-0.3, -0.25) is 14.7 Å². The third-order valence-corrected chi connectivity index (χ3v) is 3.76. The van der Waals surface area contributed by atoms with Crippen LogP contribution in [0.25, 0.3) is 0 Å². The maximum atomic E-state index is 12.3. The van der Waals surface area contributed by atoms with Crippen LogP contribution in [0.5, 0.6) is 0 Å². The SMILES string of the molecule is CNC1CC2CC2CN(c2cnccn2)C1=O. The van der Waals surface area contributed by atoms with Crippen molar-refractivity contribution < 1.29 is 4.79 Å². The van der Waals surface area contributed by atoms with Gasteiger partial charge in [0, 0.05) is 18.9 Å². The van der Waals surface area contributed by atoms with Crippen LogP contribution in [0.2, 0.25) is 0 Å². The van der Waals surface area contributed by atoms with Crippen molar-refractivity contribution in [3.8, 4) is 0 Å². The Labute approximate surface area is 100 Å². The predicted octanol–water partition coefficient (Wildman–Crippen LogP) is 0.437. The molecule has 3 unspecified atom stereocenters. The average molecular weight is 232 g/mol. The molecule has 0 radical (unpaired) electrons. The lowest BCUT2D eigenvalue weighted by Gasteiger charge is -2.23. The molecule has 90 valence electrons. The summed E-state index contributed by atoms with van der Waals surface area (Å²) in [6.07, 6.45) is 7.11. The predicted molar refractivity (Wildman–Crippen MR) is 63.4 cm³/mol. The molecule has 1 aliphatic heterocycles. The summed E-state index contributed by atoms with van der Waals surface area (Å²) in [5.41, 5.74) is 0. The van der Waals surface area contributed by atoms with E-state index in [1.807, 2.05) is 7.05 Å². The van der Waals surface area contributed by atoms with Crippen molar-refractivity contribution in [3.63, 3.8) is 0 Å². The van der Waals surface area contributed by atoms with Gasteiger partial charge in [-0.05, 0) is 31.7 Å². The first-order chi connectivity index (χ1) is 8.29. The van der Waals surface area contributed by atoms with Crippen molar-refractivity contribution in [2.24, 2.45) is 11.8 Å². The van der Waals surface area contributed by atoms with Crippen molar-refractivity contribution in [1.29, 1.82) is 0 Å². The van der Waals surface area contributed by atoms with Gasteiger partial charge in [0.1, 0.15) is 0 Å². The van der Waals surface area contributed by atoms with Gasteiger partial charge < -0.3 is 5.32 Å². The van der Waals surface area contributed by atoms with Crippen LogP contribution in [0.1, 0.15) is 12.8 Å². The third kappa shape index (κ3) is 1.91. The van der Waals surface area contributed by atoms with Crippen LogP contribution in [0.4, 0.5) is 5.82 Å². The first-order valence-electron chi connectivity index (χ1n) is 6.04. The number of fused-ring (bicyclic) bond motifs is 1. The van der Waals surface area contributed by atoms with Gasteiger partial charge in [-0.15, -0.1) is 0 Å². The molecular formula is C12H16N4O. The van der Waals surface area contributed by atoms with Gasteiger partial charge >= 0.3 is 0 Å². The van der Waals surface area contributed by atoms with Crippen molar-refractivity contribution in [1.82, 2.24) is 15.3 Å². The fourth-order valence-electron chi connectivity index (χ4n) is 2.62. The van der Waals surface area contributed by atoms with E-state index >= 15 is 0 Å². The van der Waals surface area contributed by atoms with E-state index in [1.165, 1.54) is 6.42 Å². The number of rotatable bonds is 2. The molecule has 3 rings (SSSR count). The van der Waals surface area contributed by atoms with E-state index in [-0.39, 0.29) is 11.9 Å². The molecule has 1 amide bonds. The molecular weight excluding hydrogens is 216 g/mol. The Balaban J connectivity index is 1.89. The molecule has 1 aromatic rings. The van der Waals surface area contributed by atoms with E-state index in [0.29, 0.717) is 17.7 Å². The summed E-state index contributed by atoms with van der Waals surface area (Å²) in [4.78, 5) is 22.4. The second kappa shape index (κ2) is 4.07. The van der Waals surface area contributed by atoms with Gasteiger partial charge in [0.15, 0.2) is 5.82 Å². The molecule has 0 spiro atoms. The van der Waals surface area contributed by atoms with Crippen molar-refractivity contribution in [2.45, 2.75) is 18.9 Å². The molecule has 1 aliphatic carbocycles. The van der Waals surface area contributed by atoms with E-state index in [0.717, 1.165) is 13.0 Å². The summed E-state index contributed by atoms with van der Waals surface area (Å²) >= 11 is 0. The normalized spacial score (nSPS) is 31.9. The summed E-state index contributed by atoms with van der Waals surface area (Å²) in [7, 11) is 1.85. The standard InChI is InChI=1S/C12H16N4O/c1-13-10-5-8-4-9(8)7-16(12(10)17)11-6-14-2-3-15-11/h2-3,6,8-10,13H,4-5,7H2,1H3. The molecule has 5 heteroatoms. The second-order valence-corrected chi connectivity index (χ2v) is 4.85. The Morgan fingerprint density at radius 1 is 1.35 bits per heavy atom. The van der Waals surface area contributed by atoms with Crippen LogP contribution in [0.3, 0.4) is 0 Å². The highest BCUT2D eigenvalue weighted by Gasteiger charge is 2.45. The van der Waals surface area contributed by atoms with Crippen LogP contribution >= 0.6 is 0 Å². The molecule has 1 N–H and O–H groups in total. The fourth-order valence-corrected chi connectivity index (χ4v) is 2.62. The molecule has 1 saturated carbocycles. The van der Waals surface area contributed by atoms with Crippen LogP contribution in [-0.4, -0.2) is 35.5 Å². The quantitative estimate of drug-likeness (QED) is 0.803. The lowest BCUT2D eigenvalue weighted by molar-refractivity contribution is -0.120. The maximum absolute atomic E-state index is 12.3. The minimum Gasteiger partial charge on any atom is -0.309 e. The largest absolute Gasteiger partial charge is 0.309 e. The number of nitrogens with one attached hydrogen (secondary N) is 1. The zero-order valence-electron chi connectivity index (χ0n) is 9.84. The summed E-state index contributed by atoms with van der Waals surface area (Å²) in [5, 5.41) is 3.11. The number of aromatic nitrogens is 2. The van der Waals surface area contributed by atoms with Gasteiger partial charge in [0.25, 0.3) is 0 Å². The highest BCUT2D eigenvalue weighted by molar-refractivity contribution is 5.96. The van der Waals surface area contributed by atoms with E-state index in [2.05, 4.69) is 15.3 Å². The van der Waals surface area contributed by atoms with Crippen molar-refractivity contribution >= 4 is 11.7 Å². The van der Waals surface area contributed by atoms with Crippen LogP contribution in [0, 0.1) is 11.8 Å². The molecule has 5 nitrogen and oxygen atoms in total. The zero-order valence-corrected chi connectivity index (χ0v) is 9.84. The van der Waals surface area contributed by atoms with Gasteiger partial charge in [0.2, 0.25) is 5.91 Å². The third-order valence-electron chi connectivity index (χ3n) is 3.76. The van der Waals surface area contributed by atoms with E-state index in [1.54, 1.807) is 23.5 Å². The molecule has 1 saturated heterocycles. The molecule has 2 fully saturated rings. The topological polar surface area (TPSA) is 58.1 Å². The van der Waals surface area contributed by atoms with E-state index in [9.17, 15) is 4.79 Å². The minimum absolute atomic E-state index is 0.0745.